The molecule has 0 radical (unpaired) electrons. The van der Waals surface area contributed by atoms with Gasteiger partial charge in [-0.1, -0.05) is 65.1 Å². The van der Waals surface area contributed by atoms with Gasteiger partial charge in [-0.2, -0.15) is 0 Å². The number of hydrogen-bond donors (Lipinski definition) is 1. The zero-order chi connectivity index (χ0) is 17.1. The van der Waals surface area contributed by atoms with Crippen molar-refractivity contribution in [3.63, 3.8) is 0 Å². The number of hydrogen-bond acceptors (Lipinski definition) is 4. The molecule has 0 fully saturated rings. The summed E-state index contributed by atoms with van der Waals surface area (Å²) >= 11 is 18.4. The number of nitrogens with zero attached hydrogens (tertiary/aromatic N) is 2. The minimum Gasteiger partial charge on any atom is -0.487 e. The van der Waals surface area contributed by atoms with Crippen molar-refractivity contribution in [1.82, 2.24) is 9.97 Å². The van der Waals surface area contributed by atoms with Crippen molar-refractivity contribution < 1.29 is 4.74 Å². The average molecular weight is 381 g/mol. The van der Waals surface area contributed by atoms with Gasteiger partial charge >= 0.3 is 0 Å². The highest BCUT2D eigenvalue weighted by Crippen LogP contribution is 2.37. The molecule has 0 aliphatic heterocycles. The van der Waals surface area contributed by atoms with Crippen LogP contribution in [-0.4, -0.2) is 9.97 Å². The molecule has 3 rings (SSSR count). The summed E-state index contributed by atoms with van der Waals surface area (Å²) in [6, 6.07) is 14.7. The fourth-order valence-corrected chi connectivity index (χ4v) is 2.87. The smallest absolute Gasteiger partial charge is 0.221 e. The summed E-state index contributed by atoms with van der Waals surface area (Å²) in [5, 5.41) is 1.06. The molecule has 0 bridgehead atoms. The van der Waals surface area contributed by atoms with Gasteiger partial charge in [0.15, 0.2) is 0 Å². The van der Waals surface area contributed by atoms with Crippen LogP contribution in [0.15, 0.2) is 48.5 Å². The molecule has 24 heavy (non-hydrogen) atoms. The Bertz CT molecular complexity index is 852. The Balaban J connectivity index is 1.93. The molecule has 0 aliphatic carbocycles. The number of rotatable bonds is 4. The van der Waals surface area contributed by atoms with Crippen LogP contribution in [0.3, 0.4) is 0 Å². The molecule has 0 spiro atoms. The van der Waals surface area contributed by atoms with Gasteiger partial charge < -0.3 is 10.5 Å². The molecule has 1 heterocycles. The highest BCUT2D eigenvalue weighted by atomic mass is 35.5. The molecule has 2 N–H and O–H groups in total. The normalized spacial score (nSPS) is 10.6. The summed E-state index contributed by atoms with van der Waals surface area (Å²) < 4.78 is 5.80. The fourth-order valence-electron chi connectivity index (χ4n) is 2.14. The van der Waals surface area contributed by atoms with Gasteiger partial charge in [0.2, 0.25) is 5.95 Å². The highest BCUT2D eigenvalue weighted by molar-refractivity contribution is 6.37. The van der Waals surface area contributed by atoms with Crippen LogP contribution in [0.4, 0.5) is 5.95 Å². The first-order chi connectivity index (χ1) is 11.5. The summed E-state index contributed by atoms with van der Waals surface area (Å²) in [6.07, 6.45) is 0. The predicted molar refractivity (Wildman–Crippen MR) is 97.7 cm³/mol. The zero-order valence-electron chi connectivity index (χ0n) is 12.3. The number of nitrogens with two attached hydrogens (primary N) is 1. The van der Waals surface area contributed by atoms with E-state index in [0.717, 1.165) is 5.56 Å². The van der Waals surface area contributed by atoms with E-state index in [4.69, 9.17) is 45.3 Å². The summed E-state index contributed by atoms with van der Waals surface area (Å²) in [5.41, 5.74) is 7.78. The Morgan fingerprint density at radius 3 is 2.38 bits per heavy atom. The number of benzene rings is 2. The van der Waals surface area contributed by atoms with Crippen LogP contribution in [0.2, 0.25) is 15.2 Å². The van der Waals surface area contributed by atoms with Crippen molar-refractivity contribution >= 4 is 40.8 Å². The van der Waals surface area contributed by atoms with Crippen molar-refractivity contribution in [2.75, 3.05) is 5.73 Å². The van der Waals surface area contributed by atoms with Gasteiger partial charge in [-0.05, 0) is 17.7 Å². The molecular weight excluding hydrogens is 369 g/mol. The van der Waals surface area contributed by atoms with Gasteiger partial charge in [-0.3, -0.25) is 0 Å². The van der Waals surface area contributed by atoms with E-state index < -0.39 is 0 Å². The first-order valence-electron chi connectivity index (χ1n) is 6.99. The van der Waals surface area contributed by atoms with Crippen molar-refractivity contribution in [2.24, 2.45) is 0 Å². The average Bonchev–Trinajstić information content (AvgIpc) is 2.54. The Morgan fingerprint density at radius 1 is 0.917 bits per heavy atom. The first-order valence-corrected chi connectivity index (χ1v) is 8.12. The van der Waals surface area contributed by atoms with Crippen LogP contribution in [0, 0.1) is 0 Å². The van der Waals surface area contributed by atoms with Crippen molar-refractivity contribution in [2.45, 2.75) is 6.61 Å². The van der Waals surface area contributed by atoms with Crippen molar-refractivity contribution in [1.29, 1.82) is 0 Å². The van der Waals surface area contributed by atoms with Crippen molar-refractivity contribution in [3.05, 3.63) is 69.3 Å². The monoisotopic (exact) mass is 379 g/mol. The van der Waals surface area contributed by atoms with Gasteiger partial charge in [-0.15, -0.1) is 0 Å². The van der Waals surface area contributed by atoms with Gasteiger partial charge in [0.25, 0.3) is 0 Å². The second kappa shape index (κ2) is 7.26. The third-order valence-electron chi connectivity index (χ3n) is 3.25. The molecule has 2 aromatic carbocycles. The Kier molecular flexibility index (Phi) is 5.09. The lowest BCUT2D eigenvalue weighted by molar-refractivity contribution is 0.306. The molecule has 3 aromatic rings. The standard InChI is InChI=1S/C17H12Cl3N3O/c18-12-7-13(19)15(24-9-10-4-2-1-3-5-10)6-11(12)14-8-16(20)23-17(21)22-14/h1-8H,9H2,(H2,21,22,23). The number of aromatic nitrogens is 2. The molecule has 0 aliphatic rings. The van der Waals surface area contributed by atoms with Gasteiger partial charge in [0, 0.05) is 11.6 Å². The van der Waals surface area contributed by atoms with E-state index in [2.05, 4.69) is 9.97 Å². The van der Waals surface area contributed by atoms with Crippen molar-refractivity contribution in [3.8, 4) is 17.0 Å². The summed E-state index contributed by atoms with van der Waals surface area (Å²) in [6.45, 7) is 0.383. The van der Waals surface area contributed by atoms with E-state index in [1.807, 2.05) is 30.3 Å². The molecule has 0 saturated heterocycles. The minimum atomic E-state index is 0.0651. The van der Waals surface area contributed by atoms with Crippen LogP contribution < -0.4 is 10.5 Å². The molecule has 0 atom stereocenters. The van der Waals surface area contributed by atoms with E-state index in [1.165, 1.54) is 0 Å². The third-order valence-corrected chi connectivity index (χ3v) is 4.05. The quantitative estimate of drug-likeness (QED) is 0.627. The summed E-state index contributed by atoms with van der Waals surface area (Å²) in [7, 11) is 0. The van der Waals surface area contributed by atoms with E-state index in [-0.39, 0.29) is 11.1 Å². The van der Waals surface area contributed by atoms with Crippen LogP contribution in [0.5, 0.6) is 5.75 Å². The van der Waals surface area contributed by atoms with E-state index in [1.54, 1.807) is 18.2 Å². The van der Waals surface area contributed by atoms with E-state index >= 15 is 0 Å². The maximum atomic E-state index is 6.27. The minimum absolute atomic E-state index is 0.0651. The Morgan fingerprint density at radius 2 is 1.67 bits per heavy atom. The molecule has 0 amide bonds. The van der Waals surface area contributed by atoms with Gasteiger partial charge in [0.05, 0.1) is 15.7 Å². The topological polar surface area (TPSA) is 61.0 Å². The van der Waals surface area contributed by atoms with Gasteiger partial charge in [0.1, 0.15) is 17.5 Å². The lowest BCUT2D eigenvalue weighted by atomic mass is 10.1. The van der Waals surface area contributed by atoms with Crippen LogP contribution >= 0.6 is 34.8 Å². The molecule has 0 saturated carbocycles. The fraction of sp³-hybridized carbons (Fsp3) is 0.0588. The number of halogens is 3. The van der Waals surface area contributed by atoms with Crippen LogP contribution in [0.1, 0.15) is 5.56 Å². The highest BCUT2D eigenvalue weighted by Gasteiger charge is 2.13. The summed E-state index contributed by atoms with van der Waals surface area (Å²) in [4.78, 5) is 7.99. The summed E-state index contributed by atoms with van der Waals surface area (Å²) in [5.74, 6) is 0.559. The van der Waals surface area contributed by atoms with E-state index in [9.17, 15) is 0 Å². The molecule has 1 aromatic heterocycles. The van der Waals surface area contributed by atoms with Crippen LogP contribution in [-0.2, 0) is 6.61 Å². The lowest BCUT2D eigenvalue weighted by Gasteiger charge is -2.12. The molecule has 4 nitrogen and oxygen atoms in total. The van der Waals surface area contributed by atoms with Crippen LogP contribution in [0.25, 0.3) is 11.3 Å². The number of anilines is 1. The number of ether oxygens (including phenoxy) is 1. The molecular formula is C17H12Cl3N3O. The Labute approximate surface area is 154 Å². The zero-order valence-corrected chi connectivity index (χ0v) is 14.6. The second-order valence-electron chi connectivity index (χ2n) is 4.97. The maximum Gasteiger partial charge on any atom is 0.221 e. The molecule has 7 heteroatoms. The Hall–Kier alpha value is -2.01. The predicted octanol–water partition coefficient (Wildman–Crippen LogP) is 5.27. The number of nitrogen functional groups attached to an aromatic ring is 1. The van der Waals surface area contributed by atoms with Gasteiger partial charge in [-0.25, -0.2) is 9.97 Å². The molecule has 122 valence electrons. The SMILES string of the molecule is Nc1nc(Cl)cc(-c2cc(OCc3ccccc3)c(Cl)cc2Cl)n1. The van der Waals surface area contributed by atoms with E-state index in [0.29, 0.717) is 33.7 Å². The largest absolute Gasteiger partial charge is 0.487 e. The maximum absolute atomic E-state index is 6.27. The first kappa shape index (κ1) is 16.8. The third kappa shape index (κ3) is 3.90. The second-order valence-corrected chi connectivity index (χ2v) is 6.17. The lowest BCUT2D eigenvalue weighted by Crippen LogP contribution is -1.99. The molecule has 0 unspecified atom stereocenters.